The molecule has 0 aromatic heterocycles. The van der Waals surface area contributed by atoms with Crippen LogP contribution >= 0.6 is 0 Å². The molecule has 0 aliphatic rings. The lowest BCUT2D eigenvalue weighted by Gasteiger charge is -2.07. The topological polar surface area (TPSA) is 49.4 Å². The summed E-state index contributed by atoms with van der Waals surface area (Å²) < 4.78 is 15.7. The summed E-state index contributed by atoms with van der Waals surface area (Å²) in [7, 11) is 1.30. The summed E-state index contributed by atoms with van der Waals surface area (Å²) in [4.78, 5) is 11.7. The summed E-state index contributed by atoms with van der Waals surface area (Å²) >= 11 is -1.16. The second-order valence-corrected chi connectivity index (χ2v) is 3.79. The van der Waals surface area contributed by atoms with Crippen LogP contribution < -0.4 is 0 Å². The van der Waals surface area contributed by atoms with Crippen molar-refractivity contribution in [2.24, 2.45) is 0 Å². The molecule has 0 radical (unpaired) electrons. The molecule has 13 heavy (non-hydrogen) atoms. The van der Waals surface area contributed by atoms with Gasteiger partial charge >= 0.3 is 5.97 Å². The molecule has 0 aliphatic carbocycles. The van der Waals surface area contributed by atoms with Crippen LogP contribution in [0.5, 0.6) is 0 Å². The molecule has 0 aliphatic heterocycles. The van der Waals surface area contributed by atoms with Gasteiger partial charge in [-0.2, -0.15) is 0 Å². The van der Waals surface area contributed by atoms with E-state index in [1.54, 1.807) is 24.3 Å². The van der Waals surface area contributed by atoms with Gasteiger partial charge in [-0.15, -0.1) is 0 Å². The van der Waals surface area contributed by atoms with Gasteiger partial charge in [0, 0.05) is 0 Å². The average Bonchev–Trinajstić information content (AvgIpc) is 2.16. The molecule has 70 valence electrons. The van der Waals surface area contributed by atoms with Gasteiger partial charge in [-0.05, 0) is 23.3 Å². The molecular formula is C9H10O3S. The molecular weight excluding hydrogens is 188 g/mol. The fourth-order valence-corrected chi connectivity index (χ4v) is 1.73. The molecule has 3 nitrogen and oxygen atoms in total. The van der Waals surface area contributed by atoms with Crippen molar-refractivity contribution in [1.29, 1.82) is 0 Å². The van der Waals surface area contributed by atoms with Crippen LogP contribution in [0.4, 0.5) is 0 Å². The predicted octanol–water partition coefficient (Wildman–Crippen LogP) is 1.21. The average molecular weight is 198 g/mol. The van der Waals surface area contributed by atoms with Crippen molar-refractivity contribution < 1.29 is 14.1 Å². The Morgan fingerprint density at radius 2 is 2.08 bits per heavy atom. The highest BCUT2D eigenvalue weighted by atomic mass is 32.2. The van der Waals surface area contributed by atoms with Gasteiger partial charge in [0.25, 0.3) is 0 Å². The quantitative estimate of drug-likeness (QED) is 0.530. The molecule has 1 aromatic carbocycles. The van der Waals surface area contributed by atoms with E-state index in [2.05, 4.69) is 4.74 Å². The number of hydrogen-bond donors (Lipinski definition) is 0. The SMILES string of the molecule is COC(=O)c1ccccc1[S+](C)[O-]. The van der Waals surface area contributed by atoms with Gasteiger partial charge in [0.2, 0.25) is 0 Å². The Kier molecular flexibility index (Phi) is 3.33. The third kappa shape index (κ3) is 2.23. The van der Waals surface area contributed by atoms with Crippen LogP contribution in [0.25, 0.3) is 0 Å². The molecule has 1 rings (SSSR count). The third-order valence-electron chi connectivity index (χ3n) is 1.60. The minimum Gasteiger partial charge on any atom is -0.612 e. The van der Waals surface area contributed by atoms with E-state index < -0.39 is 17.1 Å². The summed E-state index contributed by atoms with van der Waals surface area (Å²) in [6, 6.07) is 6.71. The lowest BCUT2D eigenvalue weighted by molar-refractivity contribution is 0.0596. The van der Waals surface area contributed by atoms with E-state index >= 15 is 0 Å². The van der Waals surface area contributed by atoms with Crippen molar-refractivity contribution in [3.63, 3.8) is 0 Å². The fraction of sp³-hybridized carbons (Fsp3) is 0.222. The molecule has 0 amide bonds. The Bertz CT molecular complexity index is 309. The monoisotopic (exact) mass is 198 g/mol. The molecule has 0 saturated carbocycles. The van der Waals surface area contributed by atoms with Crippen molar-refractivity contribution in [3.8, 4) is 0 Å². The van der Waals surface area contributed by atoms with Crippen LogP contribution in [0.3, 0.4) is 0 Å². The lowest BCUT2D eigenvalue weighted by Crippen LogP contribution is -2.09. The number of rotatable bonds is 2. The third-order valence-corrected chi connectivity index (χ3v) is 2.58. The van der Waals surface area contributed by atoms with Crippen LogP contribution in [0.15, 0.2) is 29.2 Å². The van der Waals surface area contributed by atoms with Crippen molar-refractivity contribution in [1.82, 2.24) is 0 Å². The first-order valence-electron chi connectivity index (χ1n) is 3.67. The second-order valence-electron chi connectivity index (χ2n) is 2.44. The number of carbonyl (C=O) groups excluding carboxylic acids is 1. The summed E-state index contributed by atoms with van der Waals surface area (Å²) in [5, 5.41) is 0. The molecule has 0 spiro atoms. The maximum absolute atomic E-state index is 11.2. The van der Waals surface area contributed by atoms with Gasteiger partial charge in [0.1, 0.15) is 11.8 Å². The Balaban J connectivity index is 3.12. The zero-order chi connectivity index (χ0) is 9.84. The smallest absolute Gasteiger partial charge is 0.342 e. The van der Waals surface area contributed by atoms with Gasteiger partial charge in [-0.1, -0.05) is 12.1 Å². The van der Waals surface area contributed by atoms with Gasteiger partial charge < -0.3 is 9.29 Å². The van der Waals surface area contributed by atoms with E-state index in [0.29, 0.717) is 10.5 Å². The van der Waals surface area contributed by atoms with Crippen molar-refractivity contribution in [3.05, 3.63) is 29.8 Å². The molecule has 1 atom stereocenters. The zero-order valence-corrected chi connectivity index (χ0v) is 8.26. The maximum atomic E-state index is 11.2. The minimum absolute atomic E-state index is 0.367. The van der Waals surface area contributed by atoms with E-state index in [-0.39, 0.29) is 0 Å². The van der Waals surface area contributed by atoms with Crippen LogP contribution in [-0.4, -0.2) is 23.9 Å². The molecule has 0 N–H and O–H groups in total. The van der Waals surface area contributed by atoms with E-state index in [1.807, 2.05) is 0 Å². The van der Waals surface area contributed by atoms with Crippen molar-refractivity contribution in [2.45, 2.75) is 4.90 Å². The predicted molar refractivity (Wildman–Crippen MR) is 50.1 cm³/mol. The van der Waals surface area contributed by atoms with Gasteiger partial charge in [0.15, 0.2) is 4.90 Å². The first kappa shape index (κ1) is 10.1. The zero-order valence-electron chi connectivity index (χ0n) is 7.44. The van der Waals surface area contributed by atoms with E-state index in [9.17, 15) is 9.35 Å². The molecule has 1 unspecified atom stereocenters. The summed E-state index contributed by atoms with van der Waals surface area (Å²) in [5.74, 6) is -0.453. The minimum atomic E-state index is -1.16. The molecule has 0 heterocycles. The molecule has 0 saturated heterocycles. The number of carbonyl (C=O) groups is 1. The Hall–Kier alpha value is -1.00. The normalized spacial score (nSPS) is 12.2. The Morgan fingerprint density at radius 3 is 2.62 bits per heavy atom. The standard InChI is InChI=1S/C9H10O3S/c1-12-9(10)7-5-3-4-6-8(7)13(2)11/h3-6H,1-2H3. The number of methoxy groups -OCH3 is 1. The fourth-order valence-electron chi connectivity index (χ4n) is 0.996. The Labute approximate surface area is 79.9 Å². The number of hydrogen-bond acceptors (Lipinski definition) is 3. The van der Waals surface area contributed by atoms with Crippen LogP contribution in [0.1, 0.15) is 10.4 Å². The second kappa shape index (κ2) is 4.30. The number of ether oxygens (including phenoxy) is 1. The van der Waals surface area contributed by atoms with E-state index in [4.69, 9.17) is 0 Å². The van der Waals surface area contributed by atoms with Gasteiger partial charge in [-0.3, -0.25) is 0 Å². The highest BCUT2D eigenvalue weighted by Gasteiger charge is 2.17. The Morgan fingerprint density at radius 1 is 1.46 bits per heavy atom. The summed E-state index contributed by atoms with van der Waals surface area (Å²) in [6.07, 6.45) is 1.53. The van der Waals surface area contributed by atoms with E-state index in [1.165, 1.54) is 13.4 Å². The number of esters is 1. The summed E-state index contributed by atoms with van der Waals surface area (Å²) in [6.45, 7) is 0. The van der Waals surface area contributed by atoms with Crippen molar-refractivity contribution >= 4 is 17.1 Å². The highest BCUT2D eigenvalue weighted by molar-refractivity contribution is 7.90. The van der Waals surface area contributed by atoms with E-state index in [0.717, 1.165) is 0 Å². The van der Waals surface area contributed by atoms with Crippen LogP contribution in [-0.2, 0) is 15.9 Å². The number of benzene rings is 1. The summed E-state index contributed by atoms with van der Waals surface area (Å²) in [5.41, 5.74) is 0.367. The first-order chi connectivity index (χ1) is 6.16. The van der Waals surface area contributed by atoms with Crippen LogP contribution in [0.2, 0.25) is 0 Å². The molecule has 0 fully saturated rings. The maximum Gasteiger partial charge on any atom is 0.342 e. The van der Waals surface area contributed by atoms with Gasteiger partial charge in [0.05, 0.1) is 7.11 Å². The largest absolute Gasteiger partial charge is 0.612 e. The molecule has 4 heteroatoms. The first-order valence-corrected chi connectivity index (χ1v) is 5.23. The highest BCUT2D eigenvalue weighted by Crippen LogP contribution is 2.15. The molecule has 1 aromatic rings. The lowest BCUT2D eigenvalue weighted by atomic mass is 10.2. The van der Waals surface area contributed by atoms with Gasteiger partial charge in [-0.25, -0.2) is 4.79 Å². The van der Waals surface area contributed by atoms with Crippen LogP contribution in [0, 0.1) is 0 Å². The molecule has 0 bridgehead atoms. The van der Waals surface area contributed by atoms with Crippen molar-refractivity contribution in [2.75, 3.05) is 13.4 Å².